The molecule has 0 saturated heterocycles. The van der Waals surface area contributed by atoms with Gasteiger partial charge >= 0.3 is 0 Å². The molecule has 0 radical (unpaired) electrons. The molecular formula is C17H29N3. The Labute approximate surface area is 123 Å². The molecule has 1 aliphatic carbocycles. The van der Waals surface area contributed by atoms with Crippen LogP contribution in [0.2, 0.25) is 0 Å². The van der Waals surface area contributed by atoms with Gasteiger partial charge in [0, 0.05) is 36.9 Å². The number of hydrogen-bond acceptors (Lipinski definition) is 3. The van der Waals surface area contributed by atoms with Gasteiger partial charge in [0.2, 0.25) is 0 Å². The van der Waals surface area contributed by atoms with Crippen molar-refractivity contribution in [1.29, 1.82) is 0 Å². The summed E-state index contributed by atoms with van der Waals surface area (Å²) in [7, 11) is 2.21. The topological polar surface area (TPSA) is 28.2 Å². The SMILES string of the molecule is CN(c1ncccc1CNC(C)(C)C)C1CCCCC1. The van der Waals surface area contributed by atoms with Crippen molar-refractivity contribution >= 4 is 5.82 Å². The van der Waals surface area contributed by atoms with Gasteiger partial charge in [-0.15, -0.1) is 0 Å². The minimum Gasteiger partial charge on any atom is -0.356 e. The molecule has 1 N–H and O–H groups in total. The highest BCUT2D eigenvalue weighted by molar-refractivity contribution is 5.47. The van der Waals surface area contributed by atoms with Crippen molar-refractivity contribution in [2.24, 2.45) is 0 Å². The number of pyridine rings is 1. The van der Waals surface area contributed by atoms with Gasteiger partial charge in [-0.2, -0.15) is 0 Å². The van der Waals surface area contributed by atoms with Crippen LogP contribution >= 0.6 is 0 Å². The van der Waals surface area contributed by atoms with Gasteiger partial charge in [-0.1, -0.05) is 25.3 Å². The van der Waals surface area contributed by atoms with Gasteiger partial charge in [0.05, 0.1) is 0 Å². The number of nitrogens with one attached hydrogen (secondary N) is 1. The molecule has 0 amide bonds. The third-order valence-electron chi connectivity index (χ3n) is 4.13. The monoisotopic (exact) mass is 275 g/mol. The Morgan fingerprint density at radius 2 is 1.95 bits per heavy atom. The highest BCUT2D eigenvalue weighted by Crippen LogP contribution is 2.27. The van der Waals surface area contributed by atoms with Crippen molar-refractivity contribution in [3.05, 3.63) is 23.9 Å². The Bertz CT molecular complexity index is 416. The van der Waals surface area contributed by atoms with E-state index in [0.29, 0.717) is 6.04 Å². The summed E-state index contributed by atoms with van der Waals surface area (Å²) in [6.07, 6.45) is 8.63. The zero-order valence-electron chi connectivity index (χ0n) is 13.4. The van der Waals surface area contributed by atoms with E-state index in [1.54, 1.807) is 0 Å². The molecular weight excluding hydrogens is 246 g/mol. The van der Waals surface area contributed by atoms with Crippen LogP contribution in [-0.4, -0.2) is 23.6 Å². The smallest absolute Gasteiger partial charge is 0.132 e. The lowest BCUT2D eigenvalue weighted by Gasteiger charge is -2.33. The molecule has 20 heavy (non-hydrogen) atoms. The van der Waals surface area contributed by atoms with Crippen molar-refractivity contribution in [2.75, 3.05) is 11.9 Å². The van der Waals surface area contributed by atoms with E-state index in [-0.39, 0.29) is 5.54 Å². The number of nitrogens with zero attached hydrogens (tertiary/aromatic N) is 2. The number of aromatic nitrogens is 1. The second kappa shape index (κ2) is 6.57. The number of rotatable bonds is 4. The van der Waals surface area contributed by atoms with Crippen molar-refractivity contribution < 1.29 is 0 Å². The molecule has 0 atom stereocenters. The van der Waals surface area contributed by atoms with Crippen LogP contribution in [0.4, 0.5) is 5.82 Å². The molecule has 112 valence electrons. The minimum absolute atomic E-state index is 0.135. The Morgan fingerprint density at radius 3 is 2.60 bits per heavy atom. The van der Waals surface area contributed by atoms with E-state index in [0.717, 1.165) is 12.4 Å². The summed E-state index contributed by atoms with van der Waals surface area (Å²) >= 11 is 0. The van der Waals surface area contributed by atoms with Crippen LogP contribution < -0.4 is 10.2 Å². The third kappa shape index (κ3) is 4.20. The first-order chi connectivity index (χ1) is 9.47. The fraction of sp³-hybridized carbons (Fsp3) is 0.706. The second-order valence-corrected chi connectivity index (χ2v) is 6.99. The fourth-order valence-corrected chi connectivity index (χ4v) is 2.89. The normalized spacial score (nSPS) is 17.2. The van der Waals surface area contributed by atoms with Gasteiger partial charge < -0.3 is 10.2 Å². The number of hydrogen-bond donors (Lipinski definition) is 1. The summed E-state index contributed by atoms with van der Waals surface area (Å²) in [5.41, 5.74) is 1.44. The molecule has 1 fully saturated rings. The molecule has 3 heteroatoms. The third-order valence-corrected chi connectivity index (χ3v) is 4.13. The maximum absolute atomic E-state index is 4.64. The van der Waals surface area contributed by atoms with E-state index < -0.39 is 0 Å². The quantitative estimate of drug-likeness (QED) is 0.907. The van der Waals surface area contributed by atoms with E-state index in [1.165, 1.54) is 37.7 Å². The fourth-order valence-electron chi connectivity index (χ4n) is 2.89. The molecule has 1 aliphatic rings. The van der Waals surface area contributed by atoms with E-state index in [4.69, 9.17) is 0 Å². The summed E-state index contributed by atoms with van der Waals surface area (Å²) < 4.78 is 0. The van der Waals surface area contributed by atoms with Gasteiger partial charge in [-0.05, 0) is 39.7 Å². The summed E-state index contributed by atoms with van der Waals surface area (Å²) in [6, 6.07) is 4.89. The molecule has 0 bridgehead atoms. The Morgan fingerprint density at radius 1 is 1.25 bits per heavy atom. The minimum atomic E-state index is 0.135. The lowest BCUT2D eigenvalue weighted by atomic mass is 9.94. The van der Waals surface area contributed by atoms with Crippen LogP contribution in [0.15, 0.2) is 18.3 Å². The van der Waals surface area contributed by atoms with Gasteiger partial charge in [0.15, 0.2) is 0 Å². The second-order valence-electron chi connectivity index (χ2n) is 6.99. The summed E-state index contributed by atoms with van der Waals surface area (Å²) in [4.78, 5) is 7.04. The standard InChI is InChI=1S/C17H29N3/c1-17(2,3)19-13-14-9-8-12-18-16(14)20(4)15-10-6-5-7-11-15/h8-9,12,15,19H,5-7,10-11,13H2,1-4H3. The van der Waals surface area contributed by atoms with E-state index in [9.17, 15) is 0 Å². The van der Waals surface area contributed by atoms with E-state index in [2.05, 4.69) is 49.1 Å². The van der Waals surface area contributed by atoms with Crippen molar-refractivity contribution in [1.82, 2.24) is 10.3 Å². The predicted molar refractivity (Wildman–Crippen MR) is 86.1 cm³/mol. The van der Waals surface area contributed by atoms with Gasteiger partial charge in [-0.3, -0.25) is 0 Å². The summed E-state index contributed by atoms with van der Waals surface area (Å²) in [6.45, 7) is 7.49. The van der Waals surface area contributed by atoms with E-state index in [1.807, 2.05) is 12.3 Å². The Balaban J connectivity index is 2.09. The highest BCUT2D eigenvalue weighted by Gasteiger charge is 2.21. The molecule has 0 unspecified atom stereocenters. The Kier molecular flexibility index (Phi) is 5.03. The molecule has 2 rings (SSSR count). The van der Waals surface area contributed by atoms with E-state index >= 15 is 0 Å². The van der Waals surface area contributed by atoms with Crippen molar-refractivity contribution in [3.8, 4) is 0 Å². The van der Waals surface area contributed by atoms with Crippen LogP contribution in [-0.2, 0) is 6.54 Å². The molecule has 1 aromatic rings. The predicted octanol–water partition coefficient (Wildman–Crippen LogP) is 3.74. The first-order valence-corrected chi connectivity index (χ1v) is 7.89. The van der Waals surface area contributed by atoms with Crippen LogP contribution in [0.1, 0.15) is 58.4 Å². The molecule has 1 heterocycles. The maximum atomic E-state index is 4.64. The lowest BCUT2D eigenvalue weighted by Crippen LogP contribution is -2.37. The van der Waals surface area contributed by atoms with Crippen molar-refractivity contribution in [3.63, 3.8) is 0 Å². The van der Waals surface area contributed by atoms with Gasteiger partial charge in [0.25, 0.3) is 0 Å². The summed E-state index contributed by atoms with van der Waals surface area (Å²) in [5, 5.41) is 3.57. The highest BCUT2D eigenvalue weighted by atomic mass is 15.2. The lowest BCUT2D eigenvalue weighted by molar-refractivity contribution is 0.416. The van der Waals surface area contributed by atoms with Crippen LogP contribution in [0, 0.1) is 0 Å². The molecule has 1 aromatic heterocycles. The molecule has 0 spiro atoms. The Hall–Kier alpha value is -1.09. The van der Waals surface area contributed by atoms with Gasteiger partial charge in [-0.25, -0.2) is 4.98 Å². The van der Waals surface area contributed by atoms with Crippen LogP contribution in [0.5, 0.6) is 0 Å². The first-order valence-electron chi connectivity index (χ1n) is 7.89. The molecule has 3 nitrogen and oxygen atoms in total. The average molecular weight is 275 g/mol. The van der Waals surface area contributed by atoms with Crippen molar-refractivity contribution in [2.45, 2.75) is 71.0 Å². The van der Waals surface area contributed by atoms with Gasteiger partial charge in [0.1, 0.15) is 5.82 Å². The first kappa shape index (κ1) is 15.3. The van der Waals surface area contributed by atoms with Crippen LogP contribution in [0.25, 0.3) is 0 Å². The maximum Gasteiger partial charge on any atom is 0.132 e. The van der Waals surface area contributed by atoms with Crippen LogP contribution in [0.3, 0.4) is 0 Å². The average Bonchev–Trinajstić information content (AvgIpc) is 2.45. The summed E-state index contributed by atoms with van der Waals surface area (Å²) in [5.74, 6) is 1.15. The zero-order chi connectivity index (χ0) is 14.6. The molecule has 0 aromatic carbocycles. The molecule has 0 aliphatic heterocycles. The zero-order valence-corrected chi connectivity index (χ0v) is 13.4. The number of anilines is 1. The molecule has 1 saturated carbocycles. The largest absolute Gasteiger partial charge is 0.356 e.